The Hall–Kier alpha value is -2.02. The van der Waals surface area contributed by atoms with Gasteiger partial charge in [0.15, 0.2) is 0 Å². The van der Waals surface area contributed by atoms with Gasteiger partial charge in [-0.3, -0.25) is 0 Å². The van der Waals surface area contributed by atoms with E-state index in [-0.39, 0.29) is 5.75 Å². The minimum absolute atomic E-state index is 0.243. The quantitative estimate of drug-likeness (QED) is 0.888. The Bertz CT molecular complexity index is 576. The van der Waals surface area contributed by atoms with Crippen molar-refractivity contribution in [3.05, 3.63) is 36.3 Å². The van der Waals surface area contributed by atoms with Gasteiger partial charge in [-0.25, -0.2) is 4.98 Å². The molecule has 0 aliphatic carbocycles. The van der Waals surface area contributed by atoms with Crippen LogP contribution in [0.15, 0.2) is 30.5 Å². The monoisotopic (exact) mass is 299 g/mol. The summed E-state index contributed by atoms with van der Waals surface area (Å²) in [5.74, 6) is 0.529. The number of benzene rings is 1. The van der Waals surface area contributed by atoms with E-state index in [0.717, 1.165) is 17.1 Å². The molecule has 2 N–H and O–H groups in total. The Morgan fingerprint density at radius 2 is 1.90 bits per heavy atom. The number of halogens is 3. The van der Waals surface area contributed by atoms with E-state index in [4.69, 9.17) is 0 Å². The zero-order valence-electron chi connectivity index (χ0n) is 11.7. The summed E-state index contributed by atoms with van der Waals surface area (Å²) in [7, 11) is 0. The van der Waals surface area contributed by atoms with Gasteiger partial charge < -0.3 is 15.0 Å². The largest absolute Gasteiger partial charge is 0.573 e. The van der Waals surface area contributed by atoms with Gasteiger partial charge in [0.05, 0.1) is 18.4 Å². The van der Waals surface area contributed by atoms with Gasteiger partial charge in [-0.05, 0) is 29.8 Å². The lowest BCUT2D eigenvalue weighted by Gasteiger charge is -2.08. The maximum absolute atomic E-state index is 12.1. The van der Waals surface area contributed by atoms with Gasteiger partial charge in [-0.2, -0.15) is 0 Å². The first-order chi connectivity index (χ1) is 9.83. The van der Waals surface area contributed by atoms with Crippen LogP contribution in [0.5, 0.6) is 5.75 Å². The fourth-order valence-electron chi connectivity index (χ4n) is 1.74. The third-order valence-electron chi connectivity index (χ3n) is 2.71. The molecule has 2 rings (SSSR count). The lowest BCUT2D eigenvalue weighted by atomic mass is 10.2. The molecule has 4 nitrogen and oxygen atoms in total. The molecule has 2 aromatic rings. The number of ether oxygens (including phenoxy) is 1. The van der Waals surface area contributed by atoms with Crippen LogP contribution in [0.25, 0.3) is 11.3 Å². The van der Waals surface area contributed by atoms with Crippen molar-refractivity contribution in [2.24, 2.45) is 0 Å². The molecular formula is C14H16F3N3O. The summed E-state index contributed by atoms with van der Waals surface area (Å²) in [6.45, 7) is 4.67. The van der Waals surface area contributed by atoms with Gasteiger partial charge in [0, 0.05) is 6.04 Å². The fourth-order valence-corrected chi connectivity index (χ4v) is 1.74. The van der Waals surface area contributed by atoms with E-state index in [1.165, 1.54) is 12.1 Å². The van der Waals surface area contributed by atoms with Crippen molar-refractivity contribution in [2.75, 3.05) is 0 Å². The number of imidazole rings is 1. The summed E-state index contributed by atoms with van der Waals surface area (Å²) in [5.41, 5.74) is 1.49. The third kappa shape index (κ3) is 4.78. The number of alkyl halides is 3. The molecule has 0 aliphatic heterocycles. The number of aromatic nitrogens is 2. The second-order valence-corrected chi connectivity index (χ2v) is 4.85. The molecule has 0 atom stereocenters. The predicted molar refractivity (Wildman–Crippen MR) is 72.7 cm³/mol. The maximum Gasteiger partial charge on any atom is 0.573 e. The zero-order chi connectivity index (χ0) is 15.5. The molecule has 7 heteroatoms. The molecule has 1 aromatic heterocycles. The highest BCUT2D eigenvalue weighted by Crippen LogP contribution is 2.25. The first-order valence-electron chi connectivity index (χ1n) is 6.47. The molecule has 0 fully saturated rings. The molecular weight excluding hydrogens is 283 g/mol. The molecule has 114 valence electrons. The number of rotatable bonds is 5. The average molecular weight is 299 g/mol. The molecule has 0 spiro atoms. The van der Waals surface area contributed by atoms with Gasteiger partial charge in [0.1, 0.15) is 11.6 Å². The summed E-state index contributed by atoms with van der Waals surface area (Å²) in [5, 5.41) is 3.22. The zero-order valence-corrected chi connectivity index (χ0v) is 11.7. The van der Waals surface area contributed by atoms with Crippen molar-refractivity contribution in [1.29, 1.82) is 0 Å². The molecule has 1 heterocycles. The maximum atomic E-state index is 12.1. The van der Waals surface area contributed by atoms with Crippen LogP contribution >= 0.6 is 0 Å². The summed E-state index contributed by atoms with van der Waals surface area (Å²) < 4.78 is 40.0. The summed E-state index contributed by atoms with van der Waals surface area (Å²) >= 11 is 0. The number of hydrogen-bond donors (Lipinski definition) is 2. The Morgan fingerprint density at radius 1 is 1.24 bits per heavy atom. The molecule has 0 saturated carbocycles. The number of aromatic amines is 1. The van der Waals surface area contributed by atoms with E-state index >= 15 is 0 Å². The van der Waals surface area contributed by atoms with Crippen LogP contribution in [-0.2, 0) is 6.54 Å². The Labute approximate surface area is 120 Å². The Morgan fingerprint density at radius 3 is 2.48 bits per heavy atom. The molecule has 21 heavy (non-hydrogen) atoms. The van der Waals surface area contributed by atoms with Gasteiger partial charge >= 0.3 is 6.36 Å². The second-order valence-electron chi connectivity index (χ2n) is 4.85. The smallest absolute Gasteiger partial charge is 0.406 e. The first kappa shape index (κ1) is 15.4. The lowest BCUT2D eigenvalue weighted by molar-refractivity contribution is -0.274. The van der Waals surface area contributed by atoms with Crippen LogP contribution in [0.4, 0.5) is 13.2 Å². The van der Waals surface area contributed by atoms with Crippen LogP contribution in [0, 0.1) is 0 Å². The lowest BCUT2D eigenvalue weighted by Crippen LogP contribution is -2.22. The van der Waals surface area contributed by atoms with Crippen LogP contribution in [0.2, 0.25) is 0 Å². The van der Waals surface area contributed by atoms with Crippen LogP contribution in [0.1, 0.15) is 19.7 Å². The van der Waals surface area contributed by atoms with Crippen LogP contribution in [0.3, 0.4) is 0 Å². The number of nitrogens with one attached hydrogen (secondary N) is 2. The summed E-state index contributed by atoms with van der Waals surface area (Å²) in [6.07, 6.45) is -3.03. The van der Waals surface area contributed by atoms with Crippen molar-refractivity contribution in [2.45, 2.75) is 32.8 Å². The van der Waals surface area contributed by atoms with Crippen LogP contribution in [-0.4, -0.2) is 22.4 Å². The highest BCUT2D eigenvalue weighted by Gasteiger charge is 2.30. The van der Waals surface area contributed by atoms with E-state index in [0.29, 0.717) is 12.6 Å². The van der Waals surface area contributed by atoms with Crippen LogP contribution < -0.4 is 10.1 Å². The molecule has 0 amide bonds. The van der Waals surface area contributed by atoms with E-state index in [1.54, 1.807) is 18.3 Å². The van der Waals surface area contributed by atoms with Crippen molar-refractivity contribution >= 4 is 0 Å². The van der Waals surface area contributed by atoms with Gasteiger partial charge in [-0.1, -0.05) is 13.8 Å². The molecule has 0 bridgehead atoms. The standard InChI is InChI=1S/C14H16F3N3O/c1-9(2)18-8-13-19-7-12(20-13)10-3-5-11(6-4-10)21-14(15,16)17/h3-7,9,18H,8H2,1-2H3,(H,19,20). The van der Waals surface area contributed by atoms with Crippen molar-refractivity contribution in [3.8, 4) is 17.0 Å². The first-order valence-corrected chi connectivity index (χ1v) is 6.47. The number of H-pyrrole nitrogens is 1. The third-order valence-corrected chi connectivity index (χ3v) is 2.71. The van der Waals surface area contributed by atoms with Crippen molar-refractivity contribution in [1.82, 2.24) is 15.3 Å². The van der Waals surface area contributed by atoms with Gasteiger partial charge in [0.25, 0.3) is 0 Å². The van der Waals surface area contributed by atoms with Gasteiger partial charge in [-0.15, -0.1) is 13.2 Å². The highest BCUT2D eigenvalue weighted by molar-refractivity contribution is 5.59. The number of hydrogen-bond acceptors (Lipinski definition) is 3. The van der Waals surface area contributed by atoms with E-state index in [1.807, 2.05) is 13.8 Å². The fraction of sp³-hybridized carbons (Fsp3) is 0.357. The van der Waals surface area contributed by atoms with E-state index in [9.17, 15) is 13.2 Å². The molecule has 0 aliphatic rings. The highest BCUT2D eigenvalue weighted by atomic mass is 19.4. The molecule has 1 aromatic carbocycles. The molecule has 0 unspecified atom stereocenters. The molecule has 0 radical (unpaired) electrons. The van der Waals surface area contributed by atoms with E-state index < -0.39 is 6.36 Å². The van der Waals surface area contributed by atoms with Gasteiger partial charge in [0.2, 0.25) is 0 Å². The Balaban J connectivity index is 2.05. The normalized spacial score (nSPS) is 11.9. The molecule has 0 saturated heterocycles. The minimum atomic E-state index is -4.68. The van der Waals surface area contributed by atoms with Crippen molar-refractivity contribution < 1.29 is 17.9 Å². The summed E-state index contributed by atoms with van der Waals surface area (Å²) in [4.78, 5) is 7.33. The number of nitrogens with zero attached hydrogens (tertiary/aromatic N) is 1. The average Bonchev–Trinajstić information content (AvgIpc) is 2.84. The summed E-state index contributed by atoms with van der Waals surface area (Å²) in [6, 6.07) is 5.99. The minimum Gasteiger partial charge on any atom is -0.406 e. The SMILES string of the molecule is CC(C)NCc1ncc(-c2ccc(OC(F)(F)F)cc2)[nH]1. The Kier molecular flexibility index (Phi) is 4.52. The second kappa shape index (κ2) is 6.17. The van der Waals surface area contributed by atoms with E-state index in [2.05, 4.69) is 20.0 Å². The topological polar surface area (TPSA) is 49.9 Å². The predicted octanol–water partition coefficient (Wildman–Crippen LogP) is 3.47. The van der Waals surface area contributed by atoms with Crippen molar-refractivity contribution in [3.63, 3.8) is 0 Å².